The van der Waals surface area contributed by atoms with Gasteiger partial charge in [0.2, 0.25) is 5.91 Å². The molecule has 4 aromatic rings. The normalized spacial score (nSPS) is 23.0. The van der Waals surface area contributed by atoms with Crippen LogP contribution in [0.2, 0.25) is 0 Å². The summed E-state index contributed by atoms with van der Waals surface area (Å²) in [6, 6.07) is 14.6. The summed E-state index contributed by atoms with van der Waals surface area (Å²) in [4.78, 5) is 34.0. The first-order chi connectivity index (χ1) is 21.0. The number of nitrogens with one attached hydrogen (secondary N) is 4. The molecule has 2 amide bonds. The second-order valence-electron chi connectivity index (χ2n) is 12.0. The Bertz CT molecular complexity index is 1630. The van der Waals surface area contributed by atoms with Crippen molar-refractivity contribution in [2.45, 2.75) is 75.4 Å². The molecule has 3 aliphatic rings. The molecule has 0 unspecified atom stereocenters. The highest BCUT2D eigenvalue weighted by Gasteiger charge is 2.39. The molecule has 1 aromatic carbocycles. The number of aromatic nitrogens is 4. The van der Waals surface area contributed by atoms with Crippen LogP contribution in [0, 0.1) is 11.7 Å². The van der Waals surface area contributed by atoms with E-state index < -0.39 is 11.7 Å². The highest BCUT2D eigenvalue weighted by Crippen LogP contribution is 2.41. The van der Waals surface area contributed by atoms with E-state index in [0.29, 0.717) is 35.8 Å². The van der Waals surface area contributed by atoms with E-state index in [-0.39, 0.29) is 29.4 Å². The molecule has 0 radical (unpaired) electrons. The molecular weight excluding hydrogens is 547 g/mol. The maximum absolute atomic E-state index is 14.1. The molecule has 0 saturated heterocycles. The van der Waals surface area contributed by atoms with Gasteiger partial charge in [0.05, 0.1) is 23.8 Å². The number of carbonyl (C=O) groups excluding carboxylic acids is 2. The molecule has 3 aromatic heterocycles. The molecule has 3 saturated carbocycles. The van der Waals surface area contributed by atoms with Crippen LogP contribution < -0.4 is 21.3 Å². The van der Waals surface area contributed by atoms with E-state index in [1.54, 1.807) is 0 Å². The second-order valence-corrected chi connectivity index (χ2v) is 12.0. The van der Waals surface area contributed by atoms with E-state index in [4.69, 9.17) is 5.10 Å². The van der Waals surface area contributed by atoms with Crippen molar-refractivity contribution < 1.29 is 14.0 Å². The minimum Gasteiger partial charge on any atom is -0.379 e. The summed E-state index contributed by atoms with van der Waals surface area (Å²) in [6.07, 6.45) is 11.5. The number of amides is 2. The van der Waals surface area contributed by atoms with Gasteiger partial charge < -0.3 is 21.3 Å². The lowest BCUT2D eigenvalue weighted by atomic mass is 9.84. The van der Waals surface area contributed by atoms with Gasteiger partial charge in [0, 0.05) is 42.7 Å². The Hall–Kier alpha value is -4.54. The zero-order valence-electron chi connectivity index (χ0n) is 23.8. The van der Waals surface area contributed by atoms with Crippen LogP contribution in [0.4, 0.5) is 21.6 Å². The number of benzene rings is 1. The third-order valence-electron chi connectivity index (χ3n) is 8.70. The van der Waals surface area contributed by atoms with Gasteiger partial charge in [-0.25, -0.2) is 13.9 Å². The van der Waals surface area contributed by atoms with Gasteiger partial charge in [0.15, 0.2) is 17.2 Å². The van der Waals surface area contributed by atoms with Gasteiger partial charge >= 0.3 is 0 Å². The third kappa shape index (κ3) is 6.30. The highest BCUT2D eigenvalue weighted by atomic mass is 19.1. The number of anilines is 3. The maximum atomic E-state index is 14.1. The molecule has 222 valence electrons. The van der Waals surface area contributed by atoms with Crippen LogP contribution in [0.25, 0.3) is 5.65 Å². The van der Waals surface area contributed by atoms with Crippen LogP contribution in [0.5, 0.6) is 0 Å². The van der Waals surface area contributed by atoms with Crippen molar-refractivity contribution in [3.8, 4) is 0 Å². The Labute approximate surface area is 248 Å². The SMILES string of the molecule is O=C(CC1CCC(Nc2cc(NC3CC3)c3ncc(C(=O)Nc4ccncc4F)n3n2)CC1)N[C@@H]1C[C@H]1c1ccccc1. The molecular formula is C32H35FN8O2. The van der Waals surface area contributed by atoms with Crippen molar-refractivity contribution >= 4 is 34.7 Å². The van der Waals surface area contributed by atoms with E-state index in [1.165, 1.54) is 28.5 Å². The van der Waals surface area contributed by atoms with Gasteiger partial charge in [-0.3, -0.25) is 14.6 Å². The summed E-state index contributed by atoms with van der Waals surface area (Å²) in [6.45, 7) is 0. The van der Waals surface area contributed by atoms with Crippen molar-refractivity contribution in [2.75, 3.05) is 16.0 Å². The maximum Gasteiger partial charge on any atom is 0.276 e. The molecule has 0 aliphatic heterocycles. The van der Waals surface area contributed by atoms with Gasteiger partial charge in [-0.1, -0.05) is 30.3 Å². The molecule has 4 N–H and O–H groups in total. The number of fused-ring (bicyclic) bond motifs is 1. The van der Waals surface area contributed by atoms with E-state index >= 15 is 0 Å². The van der Waals surface area contributed by atoms with Gasteiger partial charge in [0.1, 0.15) is 5.82 Å². The Morgan fingerprint density at radius 3 is 2.47 bits per heavy atom. The zero-order chi connectivity index (χ0) is 29.3. The van der Waals surface area contributed by atoms with Gasteiger partial charge in [-0.2, -0.15) is 0 Å². The number of pyridine rings is 1. The lowest BCUT2D eigenvalue weighted by Gasteiger charge is -2.29. The minimum atomic E-state index is -0.618. The molecule has 11 heteroatoms. The molecule has 43 heavy (non-hydrogen) atoms. The van der Waals surface area contributed by atoms with Crippen molar-refractivity contribution in [3.63, 3.8) is 0 Å². The Morgan fingerprint density at radius 1 is 0.930 bits per heavy atom. The van der Waals surface area contributed by atoms with E-state index in [1.807, 2.05) is 12.1 Å². The first-order valence-corrected chi connectivity index (χ1v) is 15.2. The topological polar surface area (TPSA) is 125 Å². The predicted octanol–water partition coefficient (Wildman–Crippen LogP) is 5.12. The number of hydrogen-bond acceptors (Lipinski definition) is 7. The summed E-state index contributed by atoms with van der Waals surface area (Å²) in [5, 5.41) is 17.6. The number of hydrogen-bond donors (Lipinski definition) is 4. The zero-order valence-corrected chi connectivity index (χ0v) is 23.8. The van der Waals surface area contributed by atoms with Gasteiger partial charge in [-0.15, -0.1) is 5.10 Å². The van der Waals surface area contributed by atoms with Crippen molar-refractivity contribution in [1.29, 1.82) is 0 Å². The quantitative estimate of drug-likeness (QED) is 0.204. The minimum absolute atomic E-state index is 0.0409. The highest BCUT2D eigenvalue weighted by molar-refractivity contribution is 6.03. The lowest BCUT2D eigenvalue weighted by molar-refractivity contribution is -0.122. The van der Waals surface area contributed by atoms with Crippen molar-refractivity contribution in [2.24, 2.45) is 5.92 Å². The molecule has 3 aliphatic carbocycles. The molecule has 0 spiro atoms. The van der Waals surface area contributed by atoms with Crippen molar-refractivity contribution in [3.05, 3.63) is 78.1 Å². The van der Waals surface area contributed by atoms with E-state index in [0.717, 1.165) is 56.8 Å². The predicted molar refractivity (Wildman–Crippen MR) is 161 cm³/mol. The molecule has 0 bridgehead atoms. The monoisotopic (exact) mass is 582 g/mol. The molecule has 3 heterocycles. The lowest BCUT2D eigenvalue weighted by Crippen LogP contribution is -2.32. The average Bonchev–Trinajstić information content (AvgIpc) is 3.93. The number of rotatable bonds is 10. The Kier molecular flexibility index (Phi) is 7.38. The van der Waals surface area contributed by atoms with Gasteiger partial charge in [0.25, 0.3) is 5.91 Å². The number of nitrogens with zero attached hydrogens (tertiary/aromatic N) is 4. The fourth-order valence-corrected chi connectivity index (χ4v) is 6.08. The summed E-state index contributed by atoms with van der Waals surface area (Å²) < 4.78 is 15.6. The van der Waals surface area contributed by atoms with Gasteiger partial charge in [-0.05, 0) is 62.5 Å². The van der Waals surface area contributed by atoms with Crippen LogP contribution in [-0.2, 0) is 4.79 Å². The fraction of sp³-hybridized carbons (Fsp3) is 0.406. The number of halogens is 1. The Balaban J connectivity index is 0.978. The second kappa shape index (κ2) is 11.6. The van der Waals surface area contributed by atoms with E-state index in [2.05, 4.69) is 55.5 Å². The van der Waals surface area contributed by atoms with Crippen LogP contribution in [0.1, 0.15) is 73.3 Å². The fourth-order valence-electron chi connectivity index (χ4n) is 6.08. The van der Waals surface area contributed by atoms with Crippen LogP contribution in [-0.4, -0.2) is 49.5 Å². The Morgan fingerprint density at radius 2 is 1.70 bits per heavy atom. The molecule has 2 atom stereocenters. The van der Waals surface area contributed by atoms with Crippen LogP contribution in [0.3, 0.4) is 0 Å². The number of imidazole rings is 1. The van der Waals surface area contributed by atoms with E-state index in [9.17, 15) is 14.0 Å². The standard InChI is InChI=1S/C32H35FN8O2/c33-24-17-34-13-12-25(24)39-32(43)28-18-35-31-27(36-21-10-11-21)16-29(40-41(28)31)37-22-8-6-19(7-9-22)14-30(42)38-26-15-23(26)20-4-2-1-3-5-20/h1-5,12-13,16-19,21-23,26,36H,6-11,14-15H2,(H,37,40)(H,38,42)(H,34,39,43)/t19?,22?,23-,26+/m0/s1. The average molecular weight is 583 g/mol. The largest absolute Gasteiger partial charge is 0.379 e. The number of carbonyl (C=O) groups is 2. The third-order valence-corrected chi connectivity index (χ3v) is 8.70. The smallest absolute Gasteiger partial charge is 0.276 e. The molecule has 10 nitrogen and oxygen atoms in total. The summed E-state index contributed by atoms with van der Waals surface area (Å²) in [5.74, 6) is 0.466. The van der Waals surface area contributed by atoms with Crippen molar-refractivity contribution in [1.82, 2.24) is 24.9 Å². The van der Waals surface area contributed by atoms with Crippen LogP contribution >= 0.6 is 0 Å². The summed E-state index contributed by atoms with van der Waals surface area (Å²) in [7, 11) is 0. The first kappa shape index (κ1) is 27.3. The summed E-state index contributed by atoms with van der Waals surface area (Å²) >= 11 is 0. The van der Waals surface area contributed by atoms with Crippen LogP contribution in [0.15, 0.2) is 61.1 Å². The molecule has 3 fully saturated rings. The summed E-state index contributed by atoms with van der Waals surface area (Å²) in [5.41, 5.74) is 2.88. The molecule has 7 rings (SSSR count). The first-order valence-electron chi connectivity index (χ1n) is 15.2.